The molecule has 0 aliphatic carbocycles. The Morgan fingerprint density at radius 2 is 1.67 bits per heavy atom. The van der Waals surface area contributed by atoms with Crippen molar-refractivity contribution in [2.24, 2.45) is 0 Å². The number of benzene rings is 3. The summed E-state index contributed by atoms with van der Waals surface area (Å²) in [5.41, 5.74) is 8.49. The number of anilines is 1. The molecule has 0 unspecified atom stereocenters. The topological polar surface area (TPSA) is 79.5 Å². The molecular formula is C26H28FN3O3. The summed E-state index contributed by atoms with van der Waals surface area (Å²) in [6.07, 6.45) is 0. The highest BCUT2D eigenvalue weighted by Gasteiger charge is 2.21. The second-order valence-electron chi connectivity index (χ2n) is 8.02. The minimum absolute atomic E-state index is 0.211. The van der Waals surface area contributed by atoms with Crippen molar-refractivity contribution < 1.29 is 18.7 Å². The molecule has 3 aromatic rings. The smallest absolute Gasteiger partial charge is 0.272 e. The molecule has 7 heteroatoms. The summed E-state index contributed by atoms with van der Waals surface area (Å²) in [5.74, 6) is -0.322. The van der Waals surface area contributed by atoms with E-state index in [4.69, 9.17) is 4.74 Å². The molecular weight excluding hydrogens is 421 g/mol. The average molecular weight is 450 g/mol. The van der Waals surface area contributed by atoms with Gasteiger partial charge in [0.15, 0.2) is 6.61 Å². The number of carbonyl (C=O) groups excluding carboxylic acids is 2. The number of hydrogen-bond acceptors (Lipinski definition) is 4. The fourth-order valence-corrected chi connectivity index (χ4v) is 3.27. The first-order chi connectivity index (χ1) is 15.8. The molecule has 0 aliphatic rings. The monoisotopic (exact) mass is 449 g/mol. The Balaban J connectivity index is 1.64. The maximum Gasteiger partial charge on any atom is 0.272 e. The molecule has 6 nitrogen and oxygen atoms in total. The van der Waals surface area contributed by atoms with Gasteiger partial charge in [0.1, 0.15) is 17.6 Å². The summed E-state index contributed by atoms with van der Waals surface area (Å²) in [6.45, 7) is 5.87. The molecule has 0 spiro atoms. The van der Waals surface area contributed by atoms with E-state index >= 15 is 0 Å². The molecule has 3 aromatic carbocycles. The first kappa shape index (κ1) is 23.9. The normalized spacial score (nSPS) is 11.7. The lowest BCUT2D eigenvalue weighted by Crippen LogP contribution is -2.46. The highest BCUT2D eigenvalue weighted by molar-refractivity contribution is 5.95. The average Bonchev–Trinajstić information content (AvgIpc) is 2.80. The van der Waals surface area contributed by atoms with Gasteiger partial charge < -0.3 is 10.1 Å². The zero-order valence-electron chi connectivity index (χ0n) is 18.9. The Labute approximate surface area is 193 Å². The van der Waals surface area contributed by atoms with Crippen LogP contribution in [0.5, 0.6) is 5.75 Å². The van der Waals surface area contributed by atoms with E-state index in [9.17, 15) is 14.0 Å². The zero-order chi connectivity index (χ0) is 23.8. The number of nitrogens with one attached hydrogen (secondary N) is 3. The maximum atomic E-state index is 13.2. The van der Waals surface area contributed by atoms with Crippen LogP contribution < -0.4 is 20.9 Å². The molecule has 172 valence electrons. The van der Waals surface area contributed by atoms with Gasteiger partial charge in [-0.2, -0.15) is 0 Å². The van der Waals surface area contributed by atoms with Crippen LogP contribution in [0.3, 0.4) is 0 Å². The van der Waals surface area contributed by atoms with Crippen molar-refractivity contribution in [3.8, 4) is 5.75 Å². The van der Waals surface area contributed by atoms with Gasteiger partial charge >= 0.3 is 0 Å². The van der Waals surface area contributed by atoms with E-state index in [-0.39, 0.29) is 12.5 Å². The molecule has 0 fully saturated rings. The Bertz CT molecular complexity index is 1090. The van der Waals surface area contributed by atoms with Crippen LogP contribution in [0.4, 0.5) is 10.1 Å². The zero-order valence-corrected chi connectivity index (χ0v) is 18.9. The lowest BCUT2D eigenvalue weighted by Gasteiger charge is -2.20. The second-order valence-corrected chi connectivity index (χ2v) is 8.02. The van der Waals surface area contributed by atoms with Crippen molar-refractivity contribution in [1.82, 2.24) is 10.9 Å². The number of hydrogen-bond donors (Lipinski definition) is 3. The third kappa shape index (κ3) is 6.89. The lowest BCUT2D eigenvalue weighted by atomic mass is 10.0. The van der Waals surface area contributed by atoms with Crippen LogP contribution in [0.15, 0.2) is 72.8 Å². The molecule has 0 bridgehead atoms. The Kier molecular flexibility index (Phi) is 8.16. The molecule has 0 heterocycles. The van der Waals surface area contributed by atoms with E-state index in [0.29, 0.717) is 17.0 Å². The summed E-state index contributed by atoms with van der Waals surface area (Å²) in [7, 11) is 0. The van der Waals surface area contributed by atoms with Crippen LogP contribution in [-0.2, 0) is 9.59 Å². The molecule has 1 atom stereocenters. The van der Waals surface area contributed by atoms with Gasteiger partial charge in [-0.3, -0.25) is 15.0 Å². The number of carbonyl (C=O) groups is 2. The molecule has 0 aliphatic heterocycles. The summed E-state index contributed by atoms with van der Waals surface area (Å²) in [4.78, 5) is 25.4. The molecule has 0 saturated heterocycles. The third-order valence-electron chi connectivity index (χ3n) is 5.01. The van der Waals surface area contributed by atoms with Gasteiger partial charge in [-0.05, 0) is 59.9 Å². The molecule has 2 amide bonds. The SMILES string of the molecule is Cc1ccc(C(C)C)c(OCC(=O)NN[C@H](C(=O)Nc2ccc(F)cc2)c2ccccc2)c1. The van der Waals surface area contributed by atoms with Crippen LogP contribution in [0, 0.1) is 12.7 Å². The molecule has 0 radical (unpaired) electrons. The first-order valence-electron chi connectivity index (χ1n) is 10.7. The van der Waals surface area contributed by atoms with Crippen molar-refractivity contribution in [2.45, 2.75) is 32.7 Å². The van der Waals surface area contributed by atoms with E-state index < -0.39 is 23.7 Å². The van der Waals surface area contributed by atoms with Gasteiger partial charge in [0, 0.05) is 5.69 Å². The van der Waals surface area contributed by atoms with E-state index in [0.717, 1.165) is 11.1 Å². The number of ether oxygens (including phenoxy) is 1. The van der Waals surface area contributed by atoms with Crippen molar-refractivity contribution in [2.75, 3.05) is 11.9 Å². The number of rotatable bonds is 9. The minimum Gasteiger partial charge on any atom is -0.483 e. The third-order valence-corrected chi connectivity index (χ3v) is 5.01. The van der Waals surface area contributed by atoms with Crippen LogP contribution in [0.2, 0.25) is 0 Å². The summed E-state index contributed by atoms with van der Waals surface area (Å²) in [5, 5.41) is 2.72. The van der Waals surface area contributed by atoms with Gasteiger partial charge in [0.05, 0.1) is 0 Å². The molecule has 33 heavy (non-hydrogen) atoms. The summed E-state index contributed by atoms with van der Waals surface area (Å²) >= 11 is 0. The summed E-state index contributed by atoms with van der Waals surface area (Å²) in [6, 6.07) is 19.5. The lowest BCUT2D eigenvalue weighted by molar-refractivity contribution is -0.125. The van der Waals surface area contributed by atoms with Crippen LogP contribution >= 0.6 is 0 Å². The van der Waals surface area contributed by atoms with E-state index in [1.807, 2.05) is 31.2 Å². The molecule has 3 N–H and O–H groups in total. The van der Waals surface area contributed by atoms with Gasteiger partial charge in [0.2, 0.25) is 5.91 Å². The molecule has 3 rings (SSSR count). The van der Waals surface area contributed by atoms with E-state index in [1.54, 1.807) is 24.3 Å². The molecule has 0 saturated carbocycles. The van der Waals surface area contributed by atoms with Gasteiger partial charge in [-0.1, -0.05) is 56.3 Å². The van der Waals surface area contributed by atoms with E-state index in [2.05, 4.69) is 30.0 Å². The second kappa shape index (κ2) is 11.2. The Morgan fingerprint density at radius 1 is 0.970 bits per heavy atom. The predicted octanol–water partition coefficient (Wildman–Crippen LogP) is 4.64. The maximum absolute atomic E-state index is 13.2. The van der Waals surface area contributed by atoms with Crippen molar-refractivity contribution in [3.63, 3.8) is 0 Å². The first-order valence-corrected chi connectivity index (χ1v) is 10.7. The van der Waals surface area contributed by atoms with Crippen LogP contribution in [0.25, 0.3) is 0 Å². The quantitative estimate of drug-likeness (QED) is 0.416. The van der Waals surface area contributed by atoms with Gasteiger partial charge in [-0.25, -0.2) is 9.82 Å². The van der Waals surface area contributed by atoms with E-state index in [1.165, 1.54) is 24.3 Å². The van der Waals surface area contributed by atoms with Gasteiger partial charge in [0.25, 0.3) is 5.91 Å². The van der Waals surface area contributed by atoms with Crippen molar-refractivity contribution in [3.05, 3.63) is 95.3 Å². The minimum atomic E-state index is -0.870. The fraction of sp³-hybridized carbons (Fsp3) is 0.231. The van der Waals surface area contributed by atoms with Crippen molar-refractivity contribution >= 4 is 17.5 Å². The number of halogens is 1. The number of aryl methyl sites for hydroxylation is 1. The van der Waals surface area contributed by atoms with Crippen LogP contribution in [0.1, 0.15) is 42.5 Å². The van der Waals surface area contributed by atoms with Crippen molar-refractivity contribution in [1.29, 1.82) is 0 Å². The fourth-order valence-electron chi connectivity index (χ4n) is 3.27. The van der Waals surface area contributed by atoms with Gasteiger partial charge in [-0.15, -0.1) is 0 Å². The predicted molar refractivity (Wildman–Crippen MR) is 126 cm³/mol. The largest absolute Gasteiger partial charge is 0.483 e. The summed E-state index contributed by atoms with van der Waals surface area (Å²) < 4.78 is 18.9. The van der Waals surface area contributed by atoms with Crippen LogP contribution in [-0.4, -0.2) is 18.4 Å². The highest BCUT2D eigenvalue weighted by atomic mass is 19.1. The number of hydrazine groups is 1. The molecule has 0 aromatic heterocycles. The Hall–Kier alpha value is -3.71. The highest BCUT2D eigenvalue weighted by Crippen LogP contribution is 2.27. The number of amides is 2. The standard InChI is InChI=1S/C26H28FN3O3/c1-17(2)22-14-9-18(3)15-23(22)33-16-24(31)29-30-25(19-7-5-4-6-8-19)26(32)28-21-12-10-20(27)11-13-21/h4-15,17,25,30H,16H2,1-3H3,(H,28,32)(H,29,31)/t25-/m0/s1. The Morgan fingerprint density at radius 3 is 2.33 bits per heavy atom.